The smallest absolute Gasteiger partial charge is 0.229 e. The summed E-state index contributed by atoms with van der Waals surface area (Å²) in [7, 11) is -3.58. The zero-order valence-electron chi connectivity index (χ0n) is 10.6. The molecule has 0 saturated heterocycles. The predicted molar refractivity (Wildman–Crippen MR) is 79.7 cm³/mol. The first-order valence-corrected chi connectivity index (χ1v) is 9.00. The zero-order valence-corrected chi connectivity index (χ0v) is 13.8. The van der Waals surface area contributed by atoms with E-state index in [1.54, 1.807) is 18.3 Å². The maximum absolute atomic E-state index is 12.3. The van der Waals surface area contributed by atoms with Crippen LogP contribution in [0, 0.1) is 13.8 Å². The molecule has 2 heterocycles. The van der Waals surface area contributed by atoms with E-state index in [2.05, 4.69) is 9.71 Å². The molecule has 8 heteroatoms. The Hall–Kier alpha value is -0.470. The number of halogens is 1. The Morgan fingerprint density at radius 3 is 2.47 bits per heavy atom. The minimum atomic E-state index is -3.58. The normalized spacial score (nSPS) is 13.7. The van der Waals surface area contributed by atoms with Gasteiger partial charge in [0, 0.05) is 9.75 Å². The van der Waals surface area contributed by atoms with Crippen LogP contribution in [0.25, 0.3) is 0 Å². The summed E-state index contributed by atoms with van der Waals surface area (Å²) in [6.45, 7) is 5.44. The van der Waals surface area contributed by atoms with Gasteiger partial charge in [0.25, 0.3) is 10.0 Å². The standard InChI is InChI=1S/C11H13ClN2O2S3/c1-6-4-5-9(17-6)7(2)14-19(15,16)10-8(3)13-11(12)18-10/h4-5,7,14H,1-3H3. The largest absolute Gasteiger partial charge is 0.252 e. The van der Waals surface area contributed by atoms with Gasteiger partial charge in [-0.25, -0.2) is 18.1 Å². The van der Waals surface area contributed by atoms with Crippen molar-refractivity contribution in [2.24, 2.45) is 0 Å². The highest BCUT2D eigenvalue weighted by Gasteiger charge is 2.24. The van der Waals surface area contributed by atoms with Gasteiger partial charge in [-0.05, 0) is 32.9 Å². The topological polar surface area (TPSA) is 59.1 Å². The second-order valence-electron chi connectivity index (χ2n) is 4.13. The molecule has 0 spiro atoms. The van der Waals surface area contributed by atoms with Gasteiger partial charge < -0.3 is 0 Å². The molecule has 4 nitrogen and oxygen atoms in total. The molecule has 0 amide bonds. The summed E-state index contributed by atoms with van der Waals surface area (Å²) in [4.78, 5) is 6.06. The number of hydrogen-bond acceptors (Lipinski definition) is 5. The van der Waals surface area contributed by atoms with Crippen molar-refractivity contribution in [3.8, 4) is 0 Å². The van der Waals surface area contributed by atoms with Crippen molar-refractivity contribution in [2.75, 3.05) is 0 Å². The van der Waals surface area contributed by atoms with E-state index in [0.29, 0.717) is 5.69 Å². The average molecular weight is 337 g/mol. The van der Waals surface area contributed by atoms with Gasteiger partial charge in [-0.2, -0.15) is 0 Å². The van der Waals surface area contributed by atoms with E-state index in [9.17, 15) is 8.42 Å². The van der Waals surface area contributed by atoms with Gasteiger partial charge in [-0.3, -0.25) is 0 Å². The van der Waals surface area contributed by atoms with Crippen LogP contribution in [-0.2, 0) is 10.0 Å². The highest BCUT2D eigenvalue weighted by molar-refractivity contribution is 7.91. The van der Waals surface area contributed by atoms with Gasteiger partial charge >= 0.3 is 0 Å². The highest BCUT2D eigenvalue weighted by atomic mass is 35.5. The Labute approximate surface area is 125 Å². The Kier molecular flexibility index (Phi) is 4.32. The van der Waals surface area contributed by atoms with E-state index in [1.165, 1.54) is 0 Å². The molecule has 0 aliphatic rings. The summed E-state index contributed by atoms with van der Waals surface area (Å²) in [6.07, 6.45) is 0. The maximum Gasteiger partial charge on any atom is 0.252 e. The van der Waals surface area contributed by atoms with Crippen LogP contribution < -0.4 is 4.72 Å². The number of aromatic nitrogens is 1. The van der Waals surface area contributed by atoms with Crippen molar-refractivity contribution in [3.63, 3.8) is 0 Å². The van der Waals surface area contributed by atoms with Crippen molar-refractivity contribution in [1.29, 1.82) is 0 Å². The molecular weight excluding hydrogens is 324 g/mol. The molecule has 2 rings (SSSR count). The summed E-state index contributed by atoms with van der Waals surface area (Å²) in [5.74, 6) is 0. The first-order valence-electron chi connectivity index (χ1n) is 5.51. The summed E-state index contributed by atoms with van der Waals surface area (Å²) >= 11 is 8.29. The number of hydrogen-bond donors (Lipinski definition) is 1. The number of thiazole rings is 1. The molecule has 2 aromatic rings. The lowest BCUT2D eigenvalue weighted by molar-refractivity contribution is 0.570. The summed E-state index contributed by atoms with van der Waals surface area (Å²) in [5.41, 5.74) is 0.428. The van der Waals surface area contributed by atoms with Gasteiger partial charge in [0.2, 0.25) is 0 Å². The number of nitrogens with zero attached hydrogens (tertiary/aromatic N) is 1. The second-order valence-corrected chi connectivity index (χ2v) is 8.94. The third-order valence-electron chi connectivity index (χ3n) is 2.49. The molecule has 0 aliphatic carbocycles. The Balaban J connectivity index is 2.24. The quantitative estimate of drug-likeness (QED) is 0.929. The summed E-state index contributed by atoms with van der Waals surface area (Å²) < 4.78 is 27.6. The van der Waals surface area contributed by atoms with E-state index in [0.717, 1.165) is 21.1 Å². The van der Waals surface area contributed by atoms with Crippen molar-refractivity contribution in [2.45, 2.75) is 31.0 Å². The van der Waals surface area contributed by atoms with Gasteiger partial charge in [-0.15, -0.1) is 11.3 Å². The second kappa shape index (κ2) is 5.49. The van der Waals surface area contributed by atoms with E-state index >= 15 is 0 Å². The van der Waals surface area contributed by atoms with Crippen LogP contribution in [0.5, 0.6) is 0 Å². The van der Waals surface area contributed by atoms with E-state index in [1.807, 2.05) is 26.0 Å². The number of thiophene rings is 1. The van der Waals surface area contributed by atoms with E-state index in [4.69, 9.17) is 11.6 Å². The van der Waals surface area contributed by atoms with Crippen molar-refractivity contribution >= 4 is 44.3 Å². The first-order chi connectivity index (χ1) is 8.79. The molecule has 1 atom stereocenters. The van der Waals surface area contributed by atoms with Gasteiger partial charge in [0.05, 0.1) is 11.7 Å². The molecule has 0 aliphatic heterocycles. The van der Waals surface area contributed by atoms with Crippen LogP contribution in [0.15, 0.2) is 16.3 Å². The van der Waals surface area contributed by atoms with Gasteiger partial charge in [-0.1, -0.05) is 22.9 Å². The van der Waals surface area contributed by atoms with Crippen molar-refractivity contribution in [3.05, 3.63) is 32.0 Å². The Morgan fingerprint density at radius 1 is 1.32 bits per heavy atom. The number of nitrogens with one attached hydrogen (secondary N) is 1. The van der Waals surface area contributed by atoms with Crippen molar-refractivity contribution < 1.29 is 8.42 Å². The molecule has 0 fully saturated rings. The monoisotopic (exact) mass is 336 g/mol. The molecule has 2 aromatic heterocycles. The fraction of sp³-hybridized carbons (Fsp3) is 0.364. The van der Waals surface area contributed by atoms with Gasteiger partial charge in [0.1, 0.15) is 0 Å². The Morgan fingerprint density at radius 2 is 2.00 bits per heavy atom. The molecule has 19 heavy (non-hydrogen) atoms. The highest BCUT2D eigenvalue weighted by Crippen LogP contribution is 2.29. The lowest BCUT2D eigenvalue weighted by atomic mass is 10.3. The minimum absolute atomic E-state index is 0.178. The minimum Gasteiger partial charge on any atom is -0.229 e. The average Bonchev–Trinajstić information content (AvgIpc) is 2.84. The molecule has 0 bridgehead atoms. The van der Waals surface area contributed by atoms with E-state index in [-0.39, 0.29) is 14.7 Å². The van der Waals surface area contributed by atoms with Crippen LogP contribution in [0.3, 0.4) is 0 Å². The number of aryl methyl sites for hydroxylation is 2. The number of sulfonamides is 1. The third kappa shape index (κ3) is 3.35. The van der Waals surface area contributed by atoms with E-state index < -0.39 is 10.0 Å². The zero-order chi connectivity index (χ0) is 14.2. The maximum atomic E-state index is 12.3. The third-order valence-corrected chi connectivity index (χ3v) is 7.09. The van der Waals surface area contributed by atoms with Gasteiger partial charge in [0.15, 0.2) is 8.68 Å². The lowest BCUT2D eigenvalue weighted by Gasteiger charge is -2.11. The Bertz CT molecular complexity index is 691. The molecule has 104 valence electrons. The van der Waals surface area contributed by atoms with Crippen LogP contribution in [0.1, 0.15) is 28.4 Å². The number of rotatable bonds is 4. The first kappa shape index (κ1) is 14.9. The fourth-order valence-electron chi connectivity index (χ4n) is 1.63. The molecule has 1 N–H and O–H groups in total. The van der Waals surface area contributed by atoms with Crippen molar-refractivity contribution in [1.82, 2.24) is 9.71 Å². The molecular formula is C11H13ClN2O2S3. The SMILES string of the molecule is Cc1ccc(C(C)NS(=O)(=O)c2sc(Cl)nc2C)s1. The molecule has 0 radical (unpaired) electrons. The fourth-order valence-corrected chi connectivity index (χ4v) is 5.56. The summed E-state index contributed by atoms with van der Waals surface area (Å²) in [5, 5.41) is 0. The molecule has 0 aromatic carbocycles. The molecule has 0 saturated carbocycles. The summed E-state index contributed by atoms with van der Waals surface area (Å²) in [6, 6.07) is 3.63. The van der Waals surface area contributed by atoms with Crippen LogP contribution in [0.2, 0.25) is 4.47 Å². The van der Waals surface area contributed by atoms with Crippen LogP contribution in [0.4, 0.5) is 0 Å². The molecule has 1 unspecified atom stereocenters. The van der Waals surface area contributed by atoms with Crippen LogP contribution >= 0.6 is 34.3 Å². The lowest BCUT2D eigenvalue weighted by Crippen LogP contribution is -2.26. The van der Waals surface area contributed by atoms with Crippen LogP contribution in [-0.4, -0.2) is 13.4 Å². The predicted octanol–water partition coefficient (Wildman–Crippen LogP) is 3.51.